The minimum Gasteiger partial charge on any atom is -0.490 e. The average molecular weight is 303 g/mol. The molecule has 0 fully saturated rings. The maximum absolute atomic E-state index is 11.7. The van der Waals surface area contributed by atoms with Gasteiger partial charge in [0.05, 0.1) is 11.5 Å². The third kappa shape index (κ3) is 3.95. The highest BCUT2D eigenvalue weighted by atomic mass is 16.7. The molecule has 0 atom stereocenters. The highest BCUT2D eigenvalue weighted by Crippen LogP contribution is 2.27. The number of carbonyl (C=O) groups excluding carboxylic acids is 1. The molecule has 0 aromatic heterocycles. The fourth-order valence-electron chi connectivity index (χ4n) is 1.65. The van der Waals surface area contributed by atoms with Gasteiger partial charge in [-0.05, 0) is 31.2 Å². The third-order valence-corrected chi connectivity index (χ3v) is 2.59. The lowest BCUT2D eigenvalue weighted by atomic mass is 10.3. The molecule has 0 heterocycles. The Bertz CT molecular complexity index is 668. The van der Waals surface area contributed by atoms with E-state index in [1.54, 1.807) is 24.3 Å². The molecule has 2 aromatic carbocycles. The minimum absolute atomic E-state index is 0.0950. The molecule has 7 heteroatoms. The van der Waals surface area contributed by atoms with Gasteiger partial charge in [0.2, 0.25) is 0 Å². The number of nitro groups is 1. The SMILES string of the molecule is CCOc1ccccc1OC(=O)Oc1ccc([N+](=O)[O-])cc1. The molecule has 2 aromatic rings. The molecular weight excluding hydrogens is 290 g/mol. The maximum Gasteiger partial charge on any atom is 0.519 e. The highest BCUT2D eigenvalue weighted by Gasteiger charge is 2.13. The molecule has 0 bridgehead atoms. The van der Waals surface area contributed by atoms with Crippen molar-refractivity contribution in [2.75, 3.05) is 6.61 Å². The van der Waals surface area contributed by atoms with Crippen LogP contribution in [0.15, 0.2) is 48.5 Å². The Balaban J connectivity index is 2.02. The van der Waals surface area contributed by atoms with Crippen molar-refractivity contribution in [2.45, 2.75) is 6.92 Å². The first kappa shape index (κ1) is 15.3. The lowest BCUT2D eigenvalue weighted by Crippen LogP contribution is -2.14. The minimum atomic E-state index is -0.957. The number of carbonyl (C=O) groups is 1. The van der Waals surface area contributed by atoms with Crippen molar-refractivity contribution in [3.63, 3.8) is 0 Å². The summed E-state index contributed by atoms with van der Waals surface area (Å²) in [4.78, 5) is 21.7. The summed E-state index contributed by atoms with van der Waals surface area (Å²) in [5.41, 5.74) is -0.0950. The van der Waals surface area contributed by atoms with Crippen molar-refractivity contribution in [3.8, 4) is 17.2 Å². The molecule has 7 nitrogen and oxygen atoms in total. The van der Waals surface area contributed by atoms with Crippen LogP contribution in [0.4, 0.5) is 10.5 Å². The van der Waals surface area contributed by atoms with E-state index in [0.717, 1.165) is 0 Å². The lowest BCUT2D eigenvalue weighted by molar-refractivity contribution is -0.384. The van der Waals surface area contributed by atoms with E-state index in [9.17, 15) is 14.9 Å². The van der Waals surface area contributed by atoms with E-state index in [2.05, 4.69) is 0 Å². The molecule has 0 aliphatic rings. The third-order valence-electron chi connectivity index (χ3n) is 2.59. The van der Waals surface area contributed by atoms with Crippen LogP contribution >= 0.6 is 0 Å². The molecular formula is C15H13NO6. The Morgan fingerprint density at radius 3 is 2.27 bits per heavy atom. The normalized spacial score (nSPS) is 9.86. The number of benzene rings is 2. The molecule has 0 N–H and O–H groups in total. The summed E-state index contributed by atoms with van der Waals surface area (Å²) in [6.07, 6.45) is -0.957. The summed E-state index contributed by atoms with van der Waals surface area (Å²) in [5.74, 6) is 0.798. The van der Waals surface area contributed by atoms with Gasteiger partial charge in [0.25, 0.3) is 5.69 Å². The second-order valence-corrected chi connectivity index (χ2v) is 4.08. The molecule has 0 saturated carbocycles. The van der Waals surface area contributed by atoms with E-state index < -0.39 is 11.1 Å². The van der Waals surface area contributed by atoms with Crippen LogP contribution in [0.5, 0.6) is 17.2 Å². The van der Waals surface area contributed by atoms with Crippen molar-refractivity contribution >= 4 is 11.8 Å². The van der Waals surface area contributed by atoms with Crippen LogP contribution < -0.4 is 14.2 Å². The molecule has 0 saturated heterocycles. The fraction of sp³-hybridized carbons (Fsp3) is 0.133. The summed E-state index contributed by atoms with van der Waals surface area (Å²) in [6.45, 7) is 2.24. The molecule has 0 radical (unpaired) electrons. The number of hydrogen-bond donors (Lipinski definition) is 0. The second-order valence-electron chi connectivity index (χ2n) is 4.08. The smallest absolute Gasteiger partial charge is 0.490 e. The van der Waals surface area contributed by atoms with Gasteiger partial charge in [-0.1, -0.05) is 12.1 Å². The van der Waals surface area contributed by atoms with Gasteiger partial charge in [0, 0.05) is 12.1 Å². The monoisotopic (exact) mass is 303 g/mol. The van der Waals surface area contributed by atoms with E-state index in [4.69, 9.17) is 14.2 Å². The van der Waals surface area contributed by atoms with Crippen molar-refractivity contribution in [3.05, 3.63) is 58.6 Å². The van der Waals surface area contributed by atoms with E-state index in [0.29, 0.717) is 12.4 Å². The van der Waals surface area contributed by atoms with Crippen LogP contribution in [0, 0.1) is 10.1 Å². The van der Waals surface area contributed by atoms with Gasteiger partial charge < -0.3 is 14.2 Å². The molecule has 0 aliphatic heterocycles. The summed E-state index contributed by atoms with van der Waals surface area (Å²) in [7, 11) is 0. The zero-order chi connectivity index (χ0) is 15.9. The van der Waals surface area contributed by atoms with Crippen LogP contribution in [0.25, 0.3) is 0 Å². The summed E-state index contributed by atoms with van der Waals surface area (Å²) in [6, 6.07) is 11.8. The first-order chi connectivity index (χ1) is 10.6. The number of rotatable bonds is 5. The quantitative estimate of drug-likeness (QED) is 0.363. The molecule has 114 valence electrons. The van der Waals surface area contributed by atoms with Crippen molar-refractivity contribution in [1.82, 2.24) is 0 Å². The molecule has 0 unspecified atom stereocenters. The molecule has 22 heavy (non-hydrogen) atoms. The highest BCUT2D eigenvalue weighted by molar-refractivity contribution is 5.68. The summed E-state index contributed by atoms with van der Waals surface area (Å²) >= 11 is 0. The molecule has 0 aliphatic carbocycles. The first-order valence-corrected chi connectivity index (χ1v) is 6.46. The van der Waals surface area contributed by atoms with Gasteiger partial charge >= 0.3 is 6.16 Å². The van der Waals surface area contributed by atoms with Gasteiger partial charge in [-0.2, -0.15) is 0 Å². The van der Waals surface area contributed by atoms with E-state index in [1.165, 1.54) is 24.3 Å². The van der Waals surface area contributed by atoms with Gasteiger partial charge in [0.15, 0.2) is 11.5 Å². The van der Waals surface area contributed by atoms with Crippen LogP contribution in [0.1, 0.15) is 6.92 Å². The zero-order valence-electron chi connectivity index (χ0n) is 11.7. The predicted molar refractivity (Wildman–Crippen MR) is 77.4 cm³/mol. The molecule has 0 amide bonds. The van der Waals surface area contributed by atoms with Crippen molar-refractivity contribution < 1.29 is 23.9 Å². The largest absolute Gasteiger partial charge is 0.519 e. The van der Waals surface area contributed by atoms with E-state index in [1.807, 2.05) is 6.92 Å². The van der Waals surface area contributed by atoms with Crippen LogP contribution in [0.3, 0.4) is 0 Å². The summed E-state index contributed by atoms with van der Waals surface area (Å²) < 4.78 is 15.3. The predicted octanol–water partition coefficient (Wildman–Crippen LogP) is 3.57. The van der Waals surface area contributed by atoms with Crippen LogP contribution in [-0.4, -0.2) is 17.7 Å². The van der Waals surface area contributed by atoms with Crippen LogP contribution in [-0.2, 0) is 0 Å². The van der Waals surface area contributed by atoms with E-state index in [-0.39, 0.29) is 17.2 Å². The Kier molecular flexibility index (Phi) is 4.92. The van der Waals surface area contributed by atoms with Gasteiger partial charge in [-0.3, -0.25) is 10.1 Å². The number of para-hydroxylation sites is 2. The topological polar surface area (TPSA) is 87.9 Å². The van der Waals surface area contributed by atoms with Gasteiger partial charge in [-0.15, -0.1) is 0 Å². The Hall–Kier alpha value is -3.09. The number of hydrogen-bond acceptors (Lipinski definition) is 6. The number of nitrogens with zero attached hydrogens (tertiary/aromatic N) is 1. The number of ether oxygens (including phenoxy) is 3. The van der Waals surface area contributed by atoms with Crippen molar-refractivity contribution in [1.29, 1.82) is 0 Å². The lowest BCUT2D eigenvalue weighted by Gasteiger charge is -2.10. The molecule has 0 spiro atoms. The Labute approximate surface area is 126 Å². The first-order valence-electron chi connectivity index (χ1n) is 6.46. The van der Waals surface area contributed by atoms with Crippen molar-refractivity contribution in [2.24, 2.45) is 0 Å². The molecule has 2 rings (SSSR count). The fourth-order valence-corrected chi connectivity index (χ4v) is 1.65. The average Bonchev–Trinajstić information content (AvgIpc) is 2.50. The summed E-state index contributed by atoms with van der Waals surface area (Å²) in [5, 5.41) is 10.5. The van der Waals surface area contributed by atoms with Crippen LogP contribution in [0.2, 0.25) is 0 Å². The number of non-ortho nitro benzene ring substituents is 1. The number of nitro benzene ring substituents is 1. The van der Waals surface area contributed by atoms with Gasteiger partial charge in [0.1, 0.15) is 5.75 Å². The Morgan fingerprint density at radius 2 is 1.68 bits per heavy atom. The zero-order valence-corrected chi connectivity index (χ0v) is 11.7. The Morgan fingerprint density at radius 1 is 1.05 bits per heavy atom. The second kappa shape index (κ2) is 7.07. The standard InChI is InChI=1S/C15H13NO6/c1-2-20-13-5-3-4-6-14(13)22-15(17)21-12-9-7-11(8-10-12)16(18)19/h3-10H,2H2,1H3. The van der Waals surface area contributed by atoms with Gasteiger partial charge in [-0.25, -0.2) is 4.79 Å². The van der Waals surface area contributed by atoms with E-state index >= 15 is 0 Å². The maximum atomic E-state index is 11.7.